The van der Waals surface area contributed by atoms with Gasteiger partial charge >= 0.3 is 0 Å². The molecule has 0 spiro atoms. The van der Waals surface area contributed by atoms with E-state index in [9.17, 15) is 0 Å². The van der Waals surface area contributed by atoms with Crippen LogP contribution in [0.4, 0.5) is 0 Å². The molecule has 0 heterocycles. The van der Waals surface area contributed by atoms with Crippen molar-refractivity contribution in [2.45, 2.75) is 6.92 Å². The van der Waals surface area contributed by atoms with Crippen LogP contribution in [-0.2, 0) is 4.74 Å². The number of aliphatic hydroxyl groups excluding tert-OH is 1. The average molecular weight is 102 g/mol. The van der Waals surface area contributed by atoms with E-state index in [1.807, 2.05) is 0 Å². The highest BCUT2D eigenvalue weighted by Gasteiger charge is 1.79. The van der Waals surface area contributed by atoms with E-state index < -0.39 is 0 Å². The van der Waals surface area contributed by atoms with Crippen LogP contribution in [0.15, 0.2) is 12.3 Å². The fraction of sp³-hybridized carbons (Fsp3) is 0.600. The molecule has 0 aliphatic carbocycles. The van der Waals surface area contributed by atoms with Gasteiger partial charge in [0, 0.05) is 0 Å². The highest BCUT2D eigenvalue weighted by atomic mass is 16.5. The molecule has 0 amide bonds. The lowest BCUT2D eigenvalue weighted by atomic mass is 10.6. The van der Waals surface area contributed by atoms with E-state index in [4.69, 9.17) is 9.84 Å². The van der Waals surface area contributed by atoms with Crippen LogP contribution < -0.4 is 0 Å². The van der Waals surface area contributed by atoms with Gasteiger partial charge in [0.05, 0.1) is 12.4 Å². The molecule has 0 saturated heterocycles. The Morgan fingerprint density at radius 3 is 2.57 bits per heavy atom. The lowest BCUT2D eigenvalue weighted by Crippen LogP contribution is -1.95. The van der Waals surface area contributed by atoms with Gasteiger partial charge in [-0.25, -0.2) is 0 Å². The van der Waals surface area contributed by atoms with Crippen molar-refractivity contribution in [2.75, 3.05) is 13.2 Å². The molecule has 2 nitrogen and oxygen atoms in total. The third-order valence-electron chi connectivity index (χ3n) is 0.440. The van der Waals surface area contributed by atoms with E-state index >= 15 is 0 Å². The van der Waals surface area contributed by atoms with Crippen molar-refractivity contribution in [3.8, 4) is 0 Å². The molecular weight excluding hydrogens is 92.1 g/mol. The van der Waals surface area contributed by atoms with Gasteiger partial charge in [-0.3, -0.25) is 0 Å². The molecule has 42 valence electrons. The second-order valence-electron chi connectivity index (χ2n) is 1.27. The zero-order valence-electron chi connectivity index (χ0n) is 4.48. The van der Waals surface area contributed by atoms with Gasteiger partial charge in [-0.15, -0.1) is 0 Å². The lowest BCUT2D eigenvalue weighted by molar-refractivity contribution is 0.147. The average Bonchev–Trinajstić information content (AvgIpc) is 1.61. The first-order valence-corrected chi connectivity index (χ1v) is 2.16. The lowest BCUT2D eigenvalue weighted by Gasteiger charge is -1.98. The number of allylic oxidation sites excluding steroid dienone is 1. The van der Waals surface area contributed by atoms with Crippen LogP contribution in [0.25, 0.3) is 0 Å². The minimum atomic E-state index is 0.0624. The van der Waals surface area contributed by atoms with Gasteiger partial charge in [0.25, 0.3) is 0 Å². The SMILES string of the molecule is C=C(C)OCCO. The first-order valence-electron chi connectivity index (χ1n) is 2.16. The molecule has 0 saturated carbocycles. The summed E-state index contributed by atoms with van der Waals surface area (Å²) in [6, 6.07) is 0. The minimum Gasteiger partial charge on any atom is -0.496 e. The molecule has 0 bridgehead atoms. The normalized spacial score (nSPS) is 8.29. The summed E-state index contributed by atoms with van der Waals surface area (Å²) in [6.45, 7) is 5.62. The molecule has 1 N–H and O–H groups in total. The van der Waals surface area contributed by atoms with Gasteiger partial charge in [0.2, 0.25) is 0 Å². The molecule has 0 aromatic heterocycles. The first kappa shape index (κ1) is 6.50. The van der Waals surface area contributed by atoms with Crippen LogP contribution in [0.1, 0.15) is 6.92 Å². The van der Waals surface area contributed by atoms with Crippen molar-refractivity contribution in [3.63, 3.8) is 0 Å². The Hall–Kier alpha value is -0.500. The van der Waals surface area contributed by atoms with Crippen LogP contribution in [0, 0.1) is 0 Å². The van der Waals surface area contributed by atoms with Crippen LogP contribution in [0.5, 0.6) is 0 Å². The Morgan fingerprint density at radius 2 is 2.43 bits per heavy atom. The fourth-order valence-corrected chi connectivity index (χ4v) is 0.220. The zero-order chi connectivity index (χ0) is 5.70. The Morgan fingerprint density at radius 1 is 1.86 bits per heavy atom. The van der Waals surface area contributed by atoms with Gasteiger partial charge < -0.3 is 9.84 Å². The van der Waals surface area contributed by atoms with E-state index in [2.05, 4.69) is 6.58 Å². The van der Waals surface area contributed by atoms with Crippen LogP contribution >= 0.6 is 0 Å². The van der Waals surface area contributed by atoms with E-state index in [0.29, 0.717) is 12.4 Å². The van der Waals surface area contributed by atoms with E-state index in [1.54, 1.807) is 6.92 Å². The topological polar surface area (TPSA) is 29.5 Å². The van der Waals surface area contributed by atoms with Gasteiger partial charge in [-0.05, 0) is 6.92 Å². The second-order valence-corrected chi connectivity index (χ2v) is 1.27. The van der Waals surface area contributed by atoms with E-state index in [0.717, 1.165) is 0 Å². The fourth-order valence-electron chi connectivity index (χ4n) is 0.220. The van der Waals surface area contributed by atoms with Gasteiger partial charge in [0.1, 0.15) is 6.61 Å². The molecule has 0 aromatic rings. The molecule has 0 radical (unpaired) electrons. The molecule has 2 heteroatoms. The van der Waals surface area contributed by atoms with Gasteiger partial charge in [0.15, 0.2) is 0 Å². The number of hydrogen-bond acceptors (Lipinski definition) is 2. The summed E-state index contributed by atoms with van der Waals surface area (Å²) in [5.41, 5.74) is 0. The van der Waals surface area contributed by atoms with Crippen molar-refractivity contribution in [3.05, 3.63) is 12.3 Å². The highest BCUT2D eigenvalue weighted by Crippen LogP contribution is 1.86. The summed E-state index contributed by atoms with van der Waals surface area (Å²) in [6.07, 6.45) is 0. The largest absolute Gasteiger partial charge is 0.496 e. The second kappa shape index (κ2) is 3.68. The molecular formula is C5H10O2. The van der Waals surface area contributed by atoms with Crippen LogP contribution in [-0.4, -0.2) is 18.3 Å². The summed E-state index contributed by atoms with van der Waals surface area (Å²) in [5.74, 6) is 0.647. The molecule has 0 aliphatic heterocycles. The quantitative estimate of drug-likeness (QED) is 0.527. The van der Waals surface area contributed by atoms with Crippen molar-refractivity contribution >= 4 is 0 Å². The number of ether oxygens (including phenoxy) is 1. The third-order valence-corrected chi connectivity index (χ3v) is 0.440. The zero-order valence-corrected chi connectivity index (χ0v) is 4.48. The maximum atomic E-state index is 8.15. The Bertz CT molecular complexity index is 59.1. The van der Waals surface area contributed by atoms with Gasteiger partial charge in [-0.1, -0.05) is 6.58 Å². The summed E-state index contributed by atoms with van der Waals surface area (Å²) < 4.78 is 4.75. The van der Waals surface area contributed by atoms with Crippen molar-refractivity contribution < 1.29 is 9.84 Å². The standard InChI is InChI=1S/C5H10O2/c1-5(2)7-4-3-6/h6H,1,3-4H2,2H3. The van der Waals surface area contributed by atoms with Crippen LogP contribution in [0.3, 0.4) is 0 Å². The Labute approximate surface area is 43.4 Å². The summed E-state index contributed by atoms with van der Waals surface area (Å²) >= 11 is 0. The number of hydrogen-bond donors (Lipinski definition) is 1. The third kappa shape index (κ3) is 5.50. The van der Waals surface area contributed by atoms with E-state index in [-0.39, 0.29) is 6.61 Å². The minimum absolute atomic E-state index is 0.0624. The molecule has 0 fully saturated rings. The predicted molar refractivity (Wildman–Crippen MR) is 27.9 cm³/mol. The Kier molecular flexibility index (Phi) is 3.42. The van der Waals surface area contributed by atoms with E-state index in [1.165, 1.54) is 0 Å². The summed E-state index contributed by atoms with van der Waals surface area (Å²) in [5, 5.41) is 8.15. The molecule has 0 rings (SSSR count). The maximum Gasteiger partial charge on any atom is 0.111 e. The molecule has 0 atom stereocenters. The van der Waals surface area contributed by atoms with Crippen LogP contribution in [0.2, 0.25) is 0 Å². The highest BCUT2D eigenvalue weighted by molar-refractivity contribution is 4.72. The summed E-state index contributed by atoms with van der Waals surface area (Å²) in [7, 11) is 0. The smallest absolute Gasteiger partial charge is 0.111 e. The molecule has 7 heavy (non-hydrogen) atoms. The molecule has 0 aliphatic rings. The Balaban J connectivity index is 2.82. The first-order chi connectivity index (χ1) is 3.27. The maximum absolute atomic E-state index is 8.15. The van der Waals surface area contributed by atoms with Crippen molar-refractivity contribution in [1.29, 1.82) is 0 Å². The monoisotopic (exact) mass is 102 g/mol. The number of rotatable bonds is 3. The number of aliphatic hydroxyl groups is 1. The van der Waals surface area contributed by atoms with Gasteiger partial charge in [-0.2, -0.15) is 0 Å². The van der Waals surface area contributed by atoms with Crippen molar-refractivity contribution in [1.82, 2.24) is 0 Å². The summed E-state index contributed by atoms with van der Waals surface area (Å²) in [4.78, 5) is 0. The predicted octanol–water partition coefficient (Wildman–Crippen LogP) is 0.529. The molecule has 0 aromatic carbocycles. The van der Waals surface area contributed by atoms with Crippen molar-refractivity contribution in [2.24, 2.45) is 0 Å². The molecule has 0 unspecified atom stereocenters.